The Kier molecular flexibility index (Phi) is 3.50. The summed E-state index contributed by atoms with van der Waals surface area (Å²) in [6.07, 6.45) is 3.61. The Balaban J connectivity index is 2.61. The minimum atomic E-state index is -0.379. The van der Waals surface area contributed by atoms with E-state index in [1.165, 1.54) is 0 Å². The molecule has 1 heterocycles. The van der Waals surface area contributed by atoms with Gasteiger partial charge in [-0.25, -0.2) is 4.98 Å². The van der Waals surface area contributed by atoms with Crippen molar-refractivity contribution in [2.45, 2.75) is 40.5 Å². The van der Waals surface area contributed by atoms with Gasteiger partial charge in [-0.05, 0) is 6.42 Å². The zero-order valence-electron chi connectivity index (χ0n) is 9.85. The number of carbonyl (C=O) groups is 1. The summed E-state index contributed by atoms with van der Waals surface area (Å²) in [7, 11) is 0. The topological polar surface area (TPSA) is 57.8 Å². The van der Waals surface area contributed by atoms with E-state index in [2.05, 4.69) is 22.2 Å². The Morgan fingerprint density at radius 2 is 2.20 bits per heavy atom. The second-order valence-electron chi connectivity index (χ2n) is 4.70. The van der Waals surface area contributed by atoms with Gasteiger partial charge in [-0.15, -0.1) is 0 Å². The van der Waals surface area contributed by atoms with E-state index in [1.54, 1.807) is 6.20 Å². The molecule has 1 amide bonds. The van der Waals surface area contributed by atoms with E-state index in [1.807, 2.05) is 20.8 Å². The molecule has 0 aliphatic carbocycles. The van der Waals surface area contributed by atoms with Gasteiger partial charge < -0.3 is 10.3 Å². The minimum absolute atomic E-state index is 0.00537. The Hall–Kier alpha value is -1.32. The first-order chi connectivity index (χ1) is 6.93. The lowest BCUT2D eigenvalue weighted by Crippen LogP contribution is -2.27. The molecule has 0 radical (unpaired) electrons. The summed E-state index contributed by atoms with van der Waals surface area (Å²) < 4.78 is 0. The van der Waals surface area contributed by atoms with E-state index in [0.29, 0.717) is 5.82 Å². The third kappa shape index (κ3) is 3.38. The van der Waals surface area contributed by atoms with Gasteiger partial charge in [0.2, 0.25) is 5.91 Å². The predicted molar refractivity (Wildman–Crippen MR) is 60.7 cm³/mol. The minimum Gasteiger partial charge on any atom is -0.329 e. The quantitative estimate of drug-likeness (QED) is 0.802. The molecular weight excluding hydrogens is 190 g/mol. The lowest BCUT2D eigenvalue weighted by molar-refractivity contribution is -0.123. The highest BCUT2D eigenvalue weighted by Crippen LogP contribution is 2.16. The van der Waals surface area contributed by atoms with Gasteiger partial charge in [0.25, 0.3) is 0 Å². The van der Waals surface area contributed by atoms with Gasteiger partial charge in [-0.1, -0.05) is 27.7 Å². The second kappa shape index (κ2) is 4.47. The molecule has 84 valence electrons. The summed E-state index contributed by atoms with van der Waals surface area (Å²) in [4.78, 5) is 18.9. The molecule has 4 nitrogen and oxygen atoms in total. The van der Waals surface area contributed by atoms with Crippen LogP contribution in [0.4, 0.5) is 5.82 Å². The third-order valence-corrected chi connectivity index (χ3v) is 2.04. The van der Waals surface area contributed by atoms with Crippen LogP contribution in [-0.2, 0) is 11.2 Å². The van der Waals surface area contributed by atoms with Crippen molar-refractivity contribution in [2.24, 2.45) is 5.41 Å². The third-order valence-electron chi connectivity index (χ3n) is 2.04. The van der Waals surface area contributed by atoms with Crippen LogP contribution in [0.5, 0.6) is 0 Å². The molecule has 0 aliphatic heterocycles. The highest BCUT2D eigenvalue weighted by Gasteiger charge is 2.21. The van der Waals surface area contributed by atoms with E-state index in [4.69, 9.17) is 0 Å². The number of hydrogen-bond acceptors (Lipinski definition) is 2. The maximum absolute atomic E-state index is 11.6. The largest absolute Gasteiger partial charge is 0.329 e. The summed E-state index contributed by atoms with van der Waals surface area (Å²) in [5, 5.41) is 2.80. The van der Waals surface area contributed by atoms with E-state index in [-0.39, 0.29) is 11.3 Å². The number of amides is 1. The van der Waals surface area contributed by atoms with Crippen LogP contribution in [0.25, 0.3) is 0 Å². The number of anilines is 1. The first-order valence-corrected chi connectivity index (χ1v) is 5.29. The van der Waals surface area contributed by atoms with Crippen molar-refractivity contribution in [1.82, 2.24) is 9.97 Å². The van der Waals surface area contributed by atoms with Gasteiger partial charge >= 0.3 is 0 Å². The van der Waals surface area contributed by atoms with Crippen LogP contribution in [0.3, 0.4) is 0 Å². The molecule has 0 aliphatic rings. The molecule has 15 heavy (non-hydrogen) atoms. The van der Waals surface area contributed by atoms with E-state index < -0.39 is 0 Å². The smallest absolute Gasteiger partial charge is 0.230 e. The van der Waals surface area contributed by atoms with Crippen molar-refractivity contribution in [3.05, 3.63) is 12.0 Å². The molecule has 0 saturated heterocycles. The standard InChI is InChI=1S/C11H19N3O/c1-5-6-8-12-7-9(13-8)14-10(15)11(2,3)4/h7H,5-6H2,1-4H3,(H,12,13)(H,14,15). The molecule has 1 aromatic heterocycles. The summed E-state index contributed by atoms with van der Waals surface area (Å²) in [5.74, 6) is 1.59. The highest BCUT2D eigenvalue weighted by atomic mass is 16.2. The van der Waals surface area contributed by atoms with Crippen LogP contribution in [0, 0.1) is 5.41 Å². The highest BCUT2D eigenvalue weighted by molar-refractivity contribution is 5.93. The summed E-state index contributed by atoms with van der Waals surface area (Å²) in [5.41, 5.74) is -0.379. The number of rotatable bonds is 3. The molecule has 0 atom stereocenters. The first-order valence-electron chi connectivity index (χ1n) is 5.29. The number of nitrogens with one attached hydrogen (secondary N) is 2. The van der Waals surface area contributed by atoms with Gasteiger partial charge in [0.1, 0.15) is 11.6 Å². The predicted octanol–water partition coefficient (Wildman–Crippen LogP) is 2.35. The Morgan fingerprint density at radius 3 is 2.73 bits per heavy atom. The van der Waals surface area contributed by atoms with Crippen LogP contribution < -0.4 is 5.32 Å². The summed E-state index contributed by atoms with van der Waals surface area (Å²) >= 11 is 0. The van der Waals surface area contributed by atoms with Gasteiger partial charge in [-0.3, -0.25) is 4.79 Å². The van der Waals surface area contributed by atoms with E-state index in [0.717, 1.165) is 18.7 Å². The SMILES string of the molecule is CCCc1ncc(NC(=O)C(C)(C)C)[nH]1. The number of aromatic amines is 1. The normalized spacial score (nSPS) is 11.5. The molecule has 0 unspecified atom stereocenters. The van der Waals surface area contributed by atoms with Gasteiger partial charge in [0.15, 0.2) is 0 Å². The second-order valence-corrected chi connectivity index (χ2v) is 4.70. The van der Waals surface area contributed by atoms with Crippen LogP contribution in [0.1, 0.15) is 39.9 Å². The molecule has 0 fully saturated rings. The van der Waals surface area contributed by atoms with Gasteiger partial charge in [-0.2, -0.15) is 0 Å². The maximum Gasteiger partial charge on any atom is 0.230 e. The fourth-order valence-corrected chi connectivity index (χ4v) is 1.10. The summed E-state index contributed by atoms with van der Waals surface area (Å²) in [6.45, 7) is 7.74. The van der Waals surface area contributed by atoms with Crippen molar-refractivity contribution in [3.63, 3.8) is 0 Å². The van der Waals surface area contributed by atoms with Crippen molar-refractivity contribution in [1.29, 1.82) is 0 Å². The number of nitrogens with zero attached hydrogens (tertiary/aromatic N) is 1. The zero-order valence-corrected chi connectivity index (χ0v) is 9.85. The van der Waals surface area contributed by atoms with Crippen molar-refractivity contribution < 1.29 is 4.79 Å². The number of imidazole rings is 1. The fourth-order valence-electron chi connectivity index (χ4n) is 1.10. The maximum atomic E-state index is 11.6. The molecular formula is C11H19N3O. The monoisotopic (exact) mass is 209 g/mol. The Labute approximate surface area is 90.5 Å². The van der Waals surface area contributed by atoms with Crippen LogP contribution in [0.2, 0.25) is 0 Å². The summed E-state index contributed by atoms with van der Waals surface area (Å²) in [6, 6.07) is 0. The van der Waals surface area contributed by atoms with E-state index in [9.17, 15) is 4.79 Å². The van der Waals surface area contributed by atoms with Gasteiger partial charge in [0, 0.05) is 11.8 Å². The van der Waals surface area contributed by atoms with Crippen LogP contribution in [0.15, 0.2) is 6.20 Å². The fraction of sp³-hybridized carbons (Fsp3) is 0.636. The average Bonchev–Trinajstić information content (AvgIpc) is 2.51. The molecule has 0 saturated carbocycles. The molecule has 1 rings (SSSR count). The zero-order chi connectivity index (χ0) is 11.5. The molecule has 0 aromatic carbocycles. The molecule has 1 aromatic rings. The number of H-pyrrole nitrogens is 1. The average molecular weight is 209 g/mol. The molecule has 4 heteroatoms. The van der Waals surface area contributed by atoms with Crippen molar-refractivity contribution in [2.75, 3.05) is 5.32 Å². The first kappa shape index (κ1) is 11.8. The number of aryl methyl sites for hydroxylation is 1. The van der Waals surface area contributed by atoms with Crippen molar-refractivity contribution in [3.8, 4) is 0 Å². The van der Waals surface area contributed by atoms with Crippen LogP contribution >= 0.6 is 0 Å². The molecule has 0 bridgehead atoms. The molecule has 0 spiro atoms. The Morgan fingerprint density at radius 1 is 1.53 bits per heavy atom. The van der Waals surface area contributed by atoms with E-state index >= 15 is 0 Å². The number of hydrogen-bond donors (Lipinski definition) is 2. The number of aromatic nitrogens is 2. The number of carbonyl (C=O) groups excluding carboxylic acids is 1. The van der Waals surface area contributed by atoms with Gasteiger partial charge in [0.05, 0.1) is 6.20 Å². The lowest BCUT2D eigenvalue weighted by atomic mass is 9.96. The lowest BCUT2D eigenvalue weighted by Gasteiger charge is -2.16. The Bertz CT molecular complexity index is 336. The van der Waals surface area contributed by atoms with Crippen molar-refractivity contribution >= 4 is 11.7 Å². The van der Waals surface area contributed by atoms with Crippen LogP contribution in [-0.4, -0.2) is 15.9 Å². The molecule has 2 N–H and O–H groups in total.